The van der Waals surface area contributed by atoms with Gasteiger partial charge in [0.2, 0.25) is 0 Å². The zero-order valence-corrected chi connectivity index (χ0v) is 19.2. The molecule has 0 aliphatic rings. The van der Waals surface area contributed by atoms with Crippen LogP contribution in [0.2, 0.25) is 0 Å². The second-order valence-corrected chi connectivity index (χ2v) is 8.30. The number of carbonyl (C=O) groups excluding carboxylic acids is 2. The van der Waals surface area contributed by atoms with Crippen molar-refractivity contribution in [3.05, 3.63) is 95.6 Å². The molecule has 2 amide bonds. The van der Waals surface area contributed by atoms with Crippen LogP contribution < -0.4 is 5.32 Å². The maximum atomic E-state index is 13.6. The second kappa shape index (κ2) is 9.73. The number of aryl methyl sites for hydroxylation is 2. The fourth-order valence-corrected chi connectivity index (χ4v) is 4.18. The molecule has 1 N–H and O–H groups in total. The topological polar surface area (TPSA) is 71.6 Å². The van der Waals surface area contributed by atoms with Crippen molar-refractivity contribution in [3.63, 3.8) is 0 Å². The first-order valence-corrected chi connectivity index (χ1v) is 11.1. The minimum Gasteiger partial charge on any atom is -0.351 e. The van der Waals surface area contributed by atoms with E-state index in [1.165, 1.54) is 0 Å². The van der Waals surface area contributed by atoms with Crippen LogP contribution in [0.1, 0.15) is 38.5 Å². The quantitative estimate of drug-likeness (QED) is 0.453. The monoisotopic (exact) mass is 443 g/mol. The molecule has 0 saturated heterocycles. The average molecular weight is 444 g/mol. The molecule has 0 aliphatic carbocycles. The van der Waals surface area contributed by atoms with E-state index in [1.54, 1.807) is 20.0 Å². The van der Waals surface area contributed by atoms with Gasteiger partial charge in [0, 0.05) is 39.1 Å². The molecule has 3 heterocycles. The van der Waals surface area contributed by atoms with Gasteiger partial charge in [-0.3, -0.25) is 9.59 Å². The average Bonchev–Trinajstić information content (AvgIpc) is 3.40. The maximum absolute atomic E-state index is 13.6. The molecule has 0 bridgehead atoms. The molecule has 7 nitrogen and oxygen atoms in total. The molecule has 170 valence electrons. The largest absolute Gasteiger partial charge is 0.351 e. The predicted octanol–water partition coefficient (Wildman–Crippen LogP) is 3.48. The van der Waals surface area contributed by atoms with Gasteiger partial charge < -0.3 is 14.8 Å². The summed E-state index contributed by atoms with van der Waals surface area (Å²) in [5.74, 6) is -0.184. The van der Waals surface area contributed by atoms with Crippen molar-refractivity contribution < 1.29 is 9.59 Å². The number of aromatic nitrogens is 3. The first-order valence-electron chi connectivity index (χ1n) is 11.1. The Morgan fingerprint density at radius 2 is 1.79 bits per heavy atom. The van der Waals surface area contributed by atoms with E-state index < -0.39 is 0 Å². The van der Waals surface area contributed by atoms with Gasteiger partial charge in [-0.2, -0.15) is 5.10 Å². The van der Waals surface area contributed by atoms with Crippen LogP contribution in [0.15, 0.2) is 73.1 Å². The number of pyridine rings is 1. The first kappa shape index (κ1) is 22.3. The number of fused-ring (bicyclic) bond motifs is 1. The highest BCUT2D eigenvalue weighted by Crippen LogP contribution is 2.20. The van der Waals surface area contributed by atoms with E-state index in [0.717, 1.165) is 11.1 Å². The van der Waals surface area contributed by atoms with Gasteiger partial charge in [0.25, 0.3) is 11.8 Å². The predicted molar refractivity (Wildman–Crippen MR) is 128 cm³/mol. The van der Waals surface area contributed by atoms with Crippen LogP contribution in [0.4, 0.5) is 0 Å². The molecule has 7 heteroatoms. The van der Waals surface area contributed by atoms with Crippen LogP contribution >= 0.6 is 0 Å². The van der Waals surface area contributed by atoms with Crippen molar-refractivity contribution in [2.75, 3.05) is 13.6 Å². The second-order valence-electron chi connectivity index (χ2n) is 8.30. The molecule has 1 aromatic carbocycles. The number of hydrogen-bond donors (Lipinski definition) is 1. The highest BCUT2D eigenvalue weighted by atomic mass is 16.2. The summed E-state index contributed by atoms with van der Waals surface area (Å²) in [6.07, 6.45) is 5.02. The lowest BCUT2D eigenvalue weighted by Gasteiger charge is -2.29. The number of amides is 2. The fraction of sp³-hybridized carbons (Fsp3) is 0.269. The van der Waals surface area contributed by atoms with E-state index in [4.69, 9.17) is 0 Å². The number of nitrogens with one attached hydrogen (secondary N) is 1. The molecule has 0 fully saturated rings. The van der Waals surface area contributed by atoms with E-state index in [0.29, 0.717) is 36.3 Å². The van der Waals surface area contributed by atoms with Crippen molar-refractivity contribution in [3.8, 4) is 0 Å². The Morgan fingerprint density at radius 3 is 2.52 bits per heavy atom. The Kier molecular flexibility index (Phi) is 6.58. The summed E-state index contributed by atoms with van der Waals surface area (Å²) < 4.78 is 3.53. The molecular weight excluding hydrogens is 414 g/mol. The van der Waals surface area contributed by atoms with Crippen LogP contribution in [-0.2, 0) is 13.5 Å². The molecule has 0 aliphatic heterocycles. The number of rotatable bonds is 8. The summed E-state index contributed by atoms with van der Waals surface area (Å²) in [7, 11) is 3.68. The van der Waals surface area contributed by atoms with Crippen LogP contribution in [-0.4, -0.2) is 50.5 Å². The Hall–Kier alpha value is -3.87. The van der Waals surface area contributed by atoms with Gasteiger partial charge >= 0.3 is 0 Å². The van der Waals surface area contributed by atoms with Gasteiger partial charge in [-0.25, -0.2) is 4.52 Å². The van der Waals surface area contributed by atoms with Crippen LogP contribution in [0.25, 0.3) is 5.52 Å². The zero-order valence-electron chi connectivity index (χ0n) is 19.2. The van der Waals surface area contributed by atoms with E-state index in [1.807, 2.05) is 75.9 Å². The maximum Gasteiger partial charge on any atom is 0.267 e. The Morgan fingerprint density at radius 1 is 1.03 bits per heavy atom. The zero-order chi connectivity index (χ0) is 23.4. The molecule has 0 unspecified atom stereocenters. The lowest BCUT2D eigenvalue weighted by Crippen LogP contribution is -2.41. The third-order valence-electron chi connectivity index (χ3n) is 6.05. The van der Waals surface area contributed by atoms with Crippen molar-refractivity contribution >= 4 is 17.3 Å². The molecule has 1 atom stereocenters. The van der Waals surface area contributed by atoms with Crippen LogP contribution in [0, 0.1) is 6.92 Å². The Bertz CT molecular complexity index is 1260. The van der Waals surface area contributed by atoms with Gasteiger partial charge in [0.1, 0.15) is 5.69 Å². The molecule has 3 aromatic heterocycles. The minimum absolute atomic E-state index is 0.0663. The van der Waals surface area contributed by atoms with Crippen molar-refractivity contribution in [2.45, 2.75) is 25.8 Å². The molecule has 0 spiro atoms. The Balaban J connectivity index is 1.53. The molecule has 0 saturated carbocycles. The van der Waals surface area contributed by atoms with Crippen molar-refractivity contribution in [1.29, 1.82) is 0 Å². The molecule has 33 heavy (non-hydrogen) atoms. The van der Waals surface area contributed by atoms with Gasteiger partial charge in [-0.15, -0.1) is 0 Å². The highest BCUT2D eigenvalue weighted by Gasteiger charge is 2.26. The van der Waals surface area contributed by atoms with E-state index in [-0.39, 0.29) is 17.9 Å². The fourth-order valence-electron chi connectivity index (χ4n) is 4.18. The molecule has 4 rings (SSSR count). The number of likely N-dealkylation sites (N-methyl/N-ethyl adjacent to an activating group) is 1. The normalized spacial score (nSPS) is 12.0. The molecular formula is C26H29N5O2. The van der Waals surface area contributed by atoms with Crippen LogP contribution in [0.5, 0.6) is 0 Å². The van der Waals surface area contributed by atoms with Gasteiger partial charge in [-0.1, -0.05) is 36.4 Å². The van der Waals surface area contributed by atoms with Gasteiger partial charge in [-0.05, 0) is 49.6 Å². The van der Waals surface area contributed by atoms with E-state index in [2.05, 4.69) is 22.5 Å². The third-order valence-corrected chi connectivity index (χ3v) is 6.05. The van der Waals surface area contributed by atoms with E-state index >= 15 is 0 Å². The Labute approximate surface area is 193 Å². The summed E-state index contributed by atoms with van der Waals surface area (Å²) in [5, 5.41) is 7.49. The standard InChI is InChI=1S/C26H29N5O2/c1-19-24(22-12-7-8-17-31(22)28-19)26(33)30(3)21(18-20-10-5-4-6-11-20)14-15-27-25(32)23-13-9-16-29(23)2/h4-13,16-17,21H,14-15,18H2,1-3H3,(H,27,32)/t21-/m1/s1. The number of nitrogens with zero attached hydrogens (tertiary/aromatic N) is 4. The minimum atomic E-state index is -0.117. The summed E-state index contributed by atoms with van der Waals surface area (Å²) in [6.45, 7) is 2.33. The summed E-state index contributed by atoms with van der Waals surface area (Å²) in [4.78, 5) is 27.9. The van der Waals surface area contributed by atoms with Crippen molar-refractivity contribution in [2.24, 2.45) is 7.05 Å². The lowest BCUT2D eigenvalue weighted by atomic mass is 10.0. The summed E-state index contributed by atoms with van der Waals surface area (Å²) in [5.41, 5.74) is 3.87. The van der Waals surface area contributed by atoms with E-state index in [9.17, 15) is 9.59 Å². The number of hydrogen-bond acceptors (Lipinski definition) is 3. The first-order chi connectivity index (χ1) is 16.0. The SMILES string of the molecule is Cc1nn2ccccc2c1C(=O)N(C)[C@H](CCNC(=O)c1cccn1C)Cc1ccccc1. The number of benzene rings is 1. The third kappa shape index (κ3) is 4.82. The molecule has 4 aromatic rings. The van der Waals surface area contributed by atoms with Crippen molar-refractivity contribution in [1.82, 2.24) is 24.4 Å². The smallest absolute Gasteiger partial charge is 0.267 e. The highest BCUT2D eigenvalue weighted by molar-refractivity contribution is 6.02. The lowest BCUT2D eigenvalue weighted by molar-refractivity contribution is 0.0724. The summed E-state index contributed by atoms with van der Waals surface area (Å²) in [6, 6.07) is 19.4. The summed E-state index contributed by atoms with van der Waals surface area (Å²) >= 11 is 0. The number of carbonyl (C=O) groups is 2. The van der Waals surface area contributed by atoms with Gasteiger partial charge in [0.15, 0.2) is 0 Å². The van der Waals surface area contributed by atoms with Gasteiger partial charge in [0.05, 0.1) is 16.8 Å². The van der Waals surface area contributed by atoms with Crippen LogP contribution in [0.3, 0.4) is 0 Å². The molecule has 0 radical (unpaired) electrons.